The highest BCUT2D eigenvalue weighted by Crippen LogP contribution is 2.20. The van der Waals surface area contributed by atoms with Crippen LogP contribution in [0.5, 0.6) is 0 Å². The first kappa shape index (κ1) is 12.9. The second-order valence-electron chi connectivity index (χ2n) is 5.43. The Kier molecular flexibility index (Phi) is 4.15. The fourth-order valence-corrected chi connectivity index (χ4v) is 0.996. The van der Waals surface area contributed by atoms with Gasteiger partial charge in [0.25, 0.3) is 0 Å². The lowest BCUT2D eigenvalue weighted by Gasteiger charge is -2.31. The molecule has 0 aromatic rings. The fraction of sp³-hybridized carbons (Fsp3) is 1.00. The zero-order chi connectivity index (χ0) is 11.5. The van der Waals surface area contributed by atoms with Crippen molar-refractivity contribution in [1.29, 1.82) is 0 Å². The van der Waals surface area contributed by atoms with Gasteiger partial charge in [0.15, 0.2) is 0 Å². The maximum Gasteiger partial charge on any atom is 0.104 e. The summed E-state index contributed by atoms with van der Waals surface area (Å²) in [4.78, 5) is 0. The van der Waals surface area contributed by atoms with E-state index in [9.17, 15) is 0 Å². The smallest absolute Gasteiger partial charge is 0.104 e. The van der Waals surface area contributed by atoms with Crippen LogP contribution in [0.15, 0.2) is 0 Å². The van der Waals surface area contributed by atoms with Crippen LogP contribution < -0.4 is 0 Å². The van der Waals surface area contributed by atoms with E-state index < -0.39 is 0 Å². The Bertz CT molecular complexity index is 195. The van der Waals surface area contributed by atoms with E-state index in [2.05, 4.69) is 34.6 Å². The van der Waals surface area contributed by atoms with Gasteiger partial charge in [0.05, 0.1) is 31.0 Å². The largest absolute Gasteiger partial charge is 0.373 e. The SMILES string of the molecule is CCC(C)(C)OCC(C)(C)OCC1CO1. The third-order valence-electron chi connectivity index (χ3n) is 2.72. The van der Waals surface area contributed by atoms with Crippen molar-refractivity contribution in [1.82, 2.24) is 0 Å². The summed E-state index contributed by atoms with van der Waals surface area (Å²) in [5, 5.41) is 0. The van der Waals surface area contributed by atoms with Gasteiger partial charge in [0.2, 0.25) is 0 Å². The summed E-state index contributed by atoms with van der Waals surface area (Å²) < 4.78 is 16.7. The first-order valence-corrected chi connectivity index (χ1v) is 5.74. The standard InChI is InChI=1S/C12H24O3/c1-6-11(2,3)15-9-12(4,5)14-8-10-7-13-10/h10H,6-9H2,1-5H3. The summed E-state index contributed by atoms with van der Waals surface area (Å²) in [5.74, 6) is 0. The van der Waals surface area contributed by atoms with E-state index in [-0.39, 0.29) is 11.2 Å². The van der Waals surface area contributed by atoms with Gasteiger partial charge >= 0.3 is 0 Å². The van der Waals surface area contributed by atoms with Gasteiger partial charge in [-0.25, -0.2) is 0 Å². The average Bonchev–Trinajstić information content (AvgIpc) is 2.96. The molecule has 0 aromatic carbocycles. The molecule has 1 heterocycles. The number of rotatable bonds is 7. The Morgan fingerprint density at radius 3 is 2.20 bits per heavy atom. The molecule has 0 spiro atoms. The summed E-state index contributed by atoms with van der Waals surface area (Å²) in [7, 11) is 0. The van der Waals surface area contributed by atoms with Crippen LogP contribution in [0.25, 0.3) is 0 Å². The van der Waals surface area contributed by atoms with Gasteiger partial charge in [-0.3, -0.25) is 0 Å². The first-order valence-electron chi connectivity index (χ1n) is 5.74. The van der Waals surface area contributed by atoms with Gasteiger partial charge in [0, 0.05) is 0 Å². The van der Waals surface area contributed by atoms with Crippen LogP contribution >= 0.6 is 0 Å². The molecule has 90 valence electrons. The quantitative estimate of drug-likeness (QED) is 0.612. The van der Waals surface area contributed by atoms with Gasteiger partial charge in [-0.2, -0.15) is 0 Å². The van der Waals surface area contributed by atoms with Crippen LogP contribution in [0.4, 0.5) is 0 Å². The Labute approximate surface area is 93.1 Å². The highest BCUT2D eigenvalue weighted by Gasteiger charge is 2.29. The molecular weight excluding hydrogens is 192 g/mol. The van der Waals surface area contributed by atoms with E-state index in [0.29, 0.717) is 19.3 Å². The topological polar surface area (TPSA) is 31.0 Å². The molecule has 1 fully saturated rings. The van der Waals surface area contributed by atoms with Gasteiger partial charge in [-0.15, -0.1) is 0 Å². The van der Waals surface area contributed by atoms with Crippen LogP contribution in [0.1, 0.15) is 41.0 Å². The Balaban J connectivity index is 2.21. The van der Waals surface area contributed by atoms with E-state index in [4.69, 9.17) is 14.2 Å². The Morgan fingerprint density at radius 1 is 1.13 bits per heavy atom. The molecule has 3 nitrogen and oxygen atoms in total. The number of hydrogen-bond donors (Lipinski definition) is 0. The minimum Gasteiger partial charge on any atom is -0.373 e. The van der Waals surface area contributed by atoms with E-state index in [1.54, 1.807) is 0 Å². The summed E-state index contributed by atoms with van der Waals surface area (Å²) in [6, 6.07) is 0. The van der Waals surface area contributed by atoms with Crippen LogP contribution in [0, 0.1) is 0 Å². The molecule has 0 bridgehead atoms. The second-order valence-corrected chi connectivity index (χ2v) is 5.43. The molecule has 0 radical (unpaired) electrons. The molecule has 0 aliphatic carbocycles. The van der Waals surface area contributed by atoms with Gasteiger partial charge in [0.1, 0.15) is 6.10 Å². The van der Waals surface area contributed by atoms with Crippen molar-refractivity contribution in [3.8, 4) is 0 Å². The van der Waals surface area contributed by atoms with Crippen molar-refractivity contribution in [2.24, 2.45) is 0 Å². The zero-order valence-electron chi connectivity index (χ0n) is 10.6. The zero-order valence-corrected chi connectivity index (χ0v) is 10.6. The first-order chi connectivity index (χ1) is 6.85. The lowest BCUT2D eigenvalue weighted by atomic mass is 10.1. The molecule has 1 atom stereocenters. The van der Waals surface area contributed by atoms with E-state index >= 15 is 0 Å². The number of epoxide rings is 1. The van der Waals surface area contributed by atoms with Crippen molar-refractivity contribution >= 4 is 0 Å². The van der Waals surface area contributed by atoms with Crippen molar-refractivity contribution in [3.05, 3.63) is 0 Å². The van der Waals surface area contributed by atoms with Gasteiger partial charge in [-0.1, -0.05) is 6.92 Å². The molecule has 1 aliphatic rings. The molecule has 1 unspecified atom stereocenters. The predicted octanol–water partition coefficient (Wildman–Crippen LogP) is 2.39. The lowest BCUT2D eigenvalue weighted by Crippen LogP contribution is -2.37. The van der Waals surface area contributed by atoms with E-state index in [1.807, 2.05) is 0 Å². The molecule has 0 saturated carbocycles. The third-order valence-corrected chi connectivity index (χ3v) is 2.72. The van der Waals surface area contributed by atoms with Crippen LogP contribution in [-0.4, -0.2) is 37.1 Å². The van der Waals surface area contributed by atoms with Crippen molar-refractivity contribution in [3.63, 3.8) is 0 Å². The molecule has 1 aliphatic heterocycles. The van der Waals surface area contributed by atoms with Crippen molar-refractivity contribution in [2.75, 3.05) is 19.8 Å². The lowest BCUT2D eigenvalue weighted by molar-refractivity contribution is -0.122. The maximum atomic E-state index is 5.83. The summed E-state index contributed by atoms with van der Waals surface area (Å²) in [6.45, 7) is 12.6. The Hall–Kier alpha value is -0.120. The fourth-order valence-electron chi connectivity index (χ4n) is 0.996. The minimum atomic E-state index is -0.224. The number of ether oxygens (including phenoxy) is 3. The molecule has 0 N–H and O–H groups in total. The molecule has 1 rings (SSSR count). The van der Waals surface area contributed by atoms with Gasteiger partial charge < -0.3 is 14.2 Å². The van der Waals surface area contributed by atoms with Gasteiger partial charge in [-0.05, 0) is 34.1 Å². The molecular formula is C12H24O3. The highest BCUT2D eigenvalue weighted by atomic mass is 16.6. The van der Waals surface area contributed by atoms with Crippen molar-refractivity contribution in [2.45, 2.75) is 58.3 Å². The van der Waals surface area contributed by atoms with Crippen LogP contribution in [0.2, 0.25) is 0 Å². The molecule has 3 heteroatoms. The van der Waals surface area contributed by atoms with E-state index in [0.717, 1.165) is 13.0 Å². The highest BCUT2D eigenvalue weighted by molar-refractivity contribution is 4.75. The summed E-state index contributed by atoms with van der Waals surface area (Å²) >= 11 is 0. The number of hydrogen-bond acceptors (Lipinski definition) is 3. The maximum absolute atomic E-state index is 5.83. The predicted molar refractivity (Wildman–Crippen MR) is 60.1 cm³/mol. The minimum absolute atomic E-state index is 0.0588. The normalized spacial score (nSPS) is 21.8. The van der Waals surface area contributed by atoms with E-state index in [1.165, 1.54) is 0 Å². The summed E-state index contributed by atoms with van der Waals surface area (Å²) in [5.41, 5.74) is -0.283. The molecule has 1 saturated heterocycles. The third kappa shape index (κ3) is 5.50. The van der Waals surface area contributed by atoms with Crippen LogP contribution in [0.3, 0.4) is 0 Å². The average molecular weight is 216 g/mol. The molecule has 0 amide bonds. The van der Waals surface area contributed by atoms with Crippen molar-refractivity contribution < 1.29 is 14.2 Å². The Morgan fingerprint density at radius 2 is 1.73 bits per heavy atom. The summed E-state index contributed by atoms with van der Waals surface area (Å²) in [6.07, 6.45) is 1.33. The second kappa shape index (κ2) is 4.81. The van der Waals surface area contributed by atoms with Crippen LogP contribution in [-0.2, 0) is 14.2 Å². The molecule has 15 heavy (non-hydrogen) atoms. The molecule has 0 aromatic heterocycles. The monoisotopic (exact) mass is 216 g/mol.